The van der Waals surface area contributed by atoms with Crippen LogP contribution in [0.2, 0.25) is 0 Å². The highest BCUT2D eigenvalue weighted by atomic mass is 15.1. The fourth-order valence-electron chi connectivity index (χ4n) is 4.41. The second kappa shape index (κ2) is 10.4. The van der Waals surface area contributed by atoms with Crippen molar-refractivity contribution in [1.82, 2.24) is 24.5 Å². The lowest BCUT2D eigenvalue weighted by Gasteiger charge is -2.18. The number of hydrogen-bond donors (Lipinski definition) is 0. The van der Waals surface area contributed by atoms with E-state index >= 15 is 0 Å². The highest BCUT2D eigenvalue weighted by molar-refractivity contribution is 6.08. The lowest BCUT2D eigenvalue weighted by atomic mass is 9.89. The molecule has 0 amide bonds. The summed E-state index contributed by atoms with van der Waals surface area (Å²) >= 11 is 0. The Morgan fingerprint density at radius 3 is 1.36 bits per heavy atom. The fourth-order valence-corrected chi connectivity index (χ4v) is 4.41. The van der Waals surface area contributed by atoms with E-state index in [9.17, 15) is 0 Å². The third-order valence-electron chi connectivity index (χ3n) is 6.83. The van der Waals surface area contributed by atoms with Crippen molar-refractivity contribution in [3.63, 3.8) is 0 Å². The fraction of sp³-hybridized carbons (Fsp3) is 0.235. The summed E-state index contributed by atoms with van der Waals surface area (Å²) in [5.74, 6) is 1.50. The van der Waals surface area contributed by atoms with Gasteiger partial charge in [0.05, 0.1) is 11.0 Å². The molecule has 6 aromatic rings. The van der Waals surface area contributed by atoms with Crippen molar-refractivity contribution >= 4 is 21.8 Å². The summed E-state index contributed by atoms with van der Waals surface area (Å²) in [6.45, 7) is 13.0. The van der Waals surface area contributed by atoms with Crippen molar-refractivity contribution in [2.45, 2.75) is 52.4 Å². The van der Waals surface area contributed by atoms with Gasteiger partial charge in [0.2, 0.25) is 5.95 Å². The van der Waals surface area contributed by atoms with E-state index in [1.54, 1.807) is 0 Å². The number of fused-ring (bicyclic) bond motifs is 3. The van der Waals surface area contributed by atoms with Crippen molar-refractivity contribution in [2.24, 2.45) is 0 Å². The quantitative estimate of drug-likeness (QED) is 0.234. The molecule has 5 heteroatoms. The van der Waals surface area contributed by atoms with Gasteiger partial charge < -0.3 is 0 Å². The van der Waals surface area contributed by atoms with Gasteiger partial charge in [0.1, 0.15) is 0 Å². The molecule has 39 heavy (non-hydrogen) atoms. The van der Waals surface area contributed by atoms with Crippen molar-refractivity contribution in [1.29, 1.82) is 0 Å². The van der Waals surface area contributed by atoms with E-state index in [1.807, 2.05) is 55.1 Å². The minimum Gasteiger partial charge on any atom is -0.278 e. The van der Waals surface area contributed by atoms with Crippen LogP contribution in [-0.2, 0) is 10.8 Å². The largest absolute Gasteiger partial charge is 0.278 e. The van der Waals surface area contributed by atoms with E-state index in [1.165, 1.54) is 10.8 Å². The van der Waals surface area contributed by atoms with Crippen molar-refractivity contribution < 1.29 is 0 Å². The zero-order valence-corrected chi connectivity index (χ0v) is 23.6. The smallest absolute Gasteiger partial charge is 0.234 e. The first-order chi connectivity index (χ1) is 18.6. The third-order valence-corrected chi connectivity index (χ3v) is 6.83. The molecule has 5 nitrogen and oxygen atoms in total. The number of nitrogens with zero attached hydrogens (tertiary/aromatic N) is 5. The standard InChI is InChI=1S/C20H19N3.C14H16N2/c1-20(2,3)14-12-21-19(22-13-14)23-17-10-6-4-8-15(17)16-9-5-7-11-18(16)23;1-14(2,3)12-9-15-13(16-10-12)11-7-5-4-6-8-11/h4-13H,1-3H3;4-10H,1-3H3. The van der Waals surface area contributed by atoms with Gasteiger partial charge in [0.15, 0.2) is 5.82 Å². The van der Waals surface area contributed by atoms with Crippen LogP contribution >= 0.6 is 0 Å². The van der Waals surface area contributed by atoms with Crippen molar-refractivity contribution in [3.05, 3.63) is 115 Å². The number of benzene rings is 3. The number of aromatic nitrogens is 5. The van der Waals surface area contributed by atoms with Crippen LogP contribution in [0.3, 0.4) is 0 Å². The van der Waals surface area contributed by atoms with E-state index in [0.717, 1.165) is 39.5 Å². The van der Waals surface area contributed by atoms with Crippen LogP contribution in [0.5, 0.6) is 0 Å². The first kappa shape index (κ1) is 26.2. The zero-order valence-electron chi connectivity index (χ0n) is 23.6. The van der Waals surface area contributed by atoms with Crippen LogP contribution in [0.15, 0.2) is 104 Å². The van der Waals surface area contributed by atoms with Gasteiger partial charge in [-0.25, -0.2) is 19.9 Å². The van der Waals surface area contributed by atoms with Crippen molar-refractivity contribution in [3.8, 4) is 17.3 Å². The Labute approximate surface area is 230 Å². The Balaban J connectivity index is 0.000000169. The minimum absolute atomic E-state index is 0.0549. The molecule has 0 fully saturated rings. The van der Waals surface area contributed by atoms with Gasteiger partial charge in [-0.3, -0.25) is 4.57 Å². The van der Waals surface area contributed by atoms with Crippen LogP contribution in [0.4, 0.5) is 0 Å². The Morgan fingerprint density at radius 2 is 0.897 bits per heavy atom. The molecular weight excluding hydrogens is 478 g/mol. The molecule has 0 saturated carbocycles. The molecule has 3 aromatic carbocycles. The maximum absolute atomic E-state index is 4.64. The van der Waals surface area contributed by atoms with E-state index in [-0.39, 0.29) is 10.8 Å². The summed E-state index contributed by atoms with van der Waals surface area (Å²) < 4.78 is 2.14. The predicted molar refractivity (Wildman–Crippen MR) is 161 cm³/mol. The van der Waals surface area contributed by atoms with Gasteiger partial charge in [-0.05, 0) is 34.1 Å². The maximum atomic E-state index is 4.64. The van der Waals surface area contributed by atoms with Crippen LogP contribution in [0.25, 0.3) is 39.1 Å². The molecule has 0 N–H and O–H groups in total. The average Bonchev–Trinajstić information content (AvgIpc) is 3.28. The van der Waals surface area contributed by atoms with Gasteiger partial charge in [-0.15, -0.1) is 0 Å². The van der Waals surface area contributed by atoms with Gasteiger partial charge in [0, 0.05) is 41.1 Å². The summed E-state index contributed by atoms with van der Waals surface area (Å²) in [6.07, 6.45) is 7.70. The van der Waals surface area contributed by atoms with Gasteiger partial charge in [0.25, 0.3) is 0 Å². The number of rotatable bonds is 2. The zero-order chi connectivity index (χ0) is 27.6. The van der Waals surface area contributed by atoms with E-state index in [4.69, 9.17) is 0 Å². The normalized spacial score (nSPS) is 11.8. The highest BCUT2D eigenvalue weighted by Crippen LogP contribution is 2.31. The Kier molecular flexibility index (Phi) is 7.00. The topological polar surface area (TPSA) is 56.5 Å². The summed E-state index contributed by atoms with van der Waals surface area (Å²) in [5, 5.41) is 2.46. The van der Waals surface area contributed by atoms with Crippen LogP contribution < -0.4 is 0 Å². The lowest BCUT2D eigenvalue weighted by molar-refractivity contribution is 0.583. The lowest BCUT2D eigenvalue weighted by Crippen LogP contribution is -2.13. The maximum Gasteiger partial charge on any atom is 0.234 e. The van der Waals surface area contributed by atoms with Gasteiger partial charge in [-0.2, -0.15) is 0 Å². The van der Waals surface area contributed by atoms with Gasteiger partial charge in [-0.1, -0.05) is 108 Å². The molecule has 0 radical (unpaired) electrons. The molecular formula is C34H35N5. The second-order valence-electron chi connectivity index (χ2n) is 11.8. The molecule has 3 aromatic heterocycles. The molecule has 0 unspecified atom stereocenters. The Bertz CT molecular complexity index is 1630. The summed E-state index contributed by atoms with van der Waals surface area (Å²) in [5.41, 5.74) is 5.79. The summed E-state index contributed by atoms with van der Waals surface area (Å²) in [7, 11) is 0. The highest BCUT2D eigenvalue weighted by Gasteiger charge is 2.17. The van der Waals surface area contributed by atoms with E-state index in [0.29, 0.717) is 0 Å². The predicted octanol–water partition coefficient (Wildman–Crippen LogP) is 8.31. The van der Waals surface area contributed by atoms with Crippen molar-refractivity contribution in [2.75, 3.05) is 0 Å². The molecule has 6 rings (SSSR count). The first-order valence-corrected chi connectivity index (χ1v) is 13.3. The Morgan fingerprint density at radius 1 is 0.487 bits per heavy atom. The average molecular weight is 514 g/mol. The monoisotopic (exact) mass is 513 g/mol. The molecule has 196 valence electrons. The molecule has 0 aliphatic carbocycles. The number of hydrogen-bond acceptors (Lipinski definition) is 4. The molecule has 3 heterocycles. The summed E-state index contributed by atoms with van der Waals surface area (Å²) in [4.78, 5) is 18.1. The van der Waals surface area contributed by atoms with Gasteiger partial charge >= 0.3 is 0 Å². The molecule has 0 saturated heterocycles. The van der Waals surface area contributed by atoms with Crippen LogP contribution in [0.1, 0.15) is 52.7 Å². The summed E-state index contributed by atoms with van der Waals surface area (Å²) in [6, 6.07) is 26.8. The third kappa shape index (κ3) is 5.58. The van der Waals surface area contributed by atoms with E-state index < -0.39 is 0 Å². The SMILES string of the molecule is CC(C)(C)c1cnc(-c2ccccc2)nc1.CC(C)(C)c1cnc(-n2c3ccccc3c3ccccc32)nc1. The molecule has 0 aliphatic rings. The minimum atomic E-state index is 0.0549. The second-order valence-corrected chi connectivity index (χ2v) is 11.8. The number of para-hydroxylation sites is 2. The molecule has 0 aliphatic heterocycles. The molecule has 0 atom stereocenters. The molecule has 0 spiro atoms. The Hall–Kier alpha value is -4.38. The molecule has 0 bridgehead atoms. The van der Waals surface area contributed by atoms with Crippen LogP contribution in [-0.4, -0.2) is 24.5 Å². The first-order valence-electron chi connectivity index (χ1n) is 13.3. The van der Waals surface area contributed by atoms with E-state index in [2.05, 4.69) is 115 Å². The van der Waals surface area contributed by atoms with Crippen LogP contribution in [0, 0.1) is 0 Å².